The third-order valence-corrected chi connectivity index (χ3v) is 5.79. The second kappa shape index (κ2) is 7.41. The summed E-state index contributed by atoms with van der Waals surface area (Å²) in [5.41, 5.74) is 5.98. The molecule has 6 rings (SSSR count). The summed E-state index contributed by atoms with van der Waals surface area (Å²) in [6.07, 6.45) is 4.09. The van der Waals surface area contributed by atoms with Gasteiger partial charge in [0.15, 0.2) is 5.69 Å². The molecule has 0 atom stereocenters. The second-order valence-electron chi connectivity index (χ2n) is 7.35. The van der Waals surface area contributed by atoms with Crippen molar-refractivity contribution >= 4 is 38.9 Å². The SMILES string of the molecule is Fc1ccc(-c2c3c4[nH]c5ccccc5c4cc[n+]3cn2-c2cccc(Cl)c2)cc1.[Cl-]. The summed E-state index contributed by atoms with van der Waals surface area (Å²) in [6, 6.07) is 24.7. The maximum absolute atomic E-state index is 13.7. The third kappa shape index (κ3) is 3.07. The van der Waals surface area contributed by atoms with Crippen LogP contribution < -0.4 is 16.8 Å². The number of para-hydroxylation sites is 1. The number of benzene rings is 3. The first-order chi connectivity index (χ1) is 14.7. The highest BCUT2D eigenvalue weighted by molar-refractivity contribution is 6.30. The first-order valence-electron chi connectivity index (χ1n) is 9.67. The minimum Gasteiger partial charge on any atom is -1.00 e. The van der Waals surface area contributed by atoms with Gasteiger partial charge in [0.1, 0.15) is 11.5 Å². The Bertz CT molecular complexity index is 1570. The Morgan fingerprint density at radius 1 is 0.871 bits per heavy atom. The van der Waals surface area contributed by atoms with Crippen LogP contribution in [0.15, 0.2) is 91.4 Å². The van der Waals surface area contributed by atoms with Gasteiger partial charge in [0, 0.05) is 32.9 Å². The van der Waals surface area contributed by atoms with Crippen LogP contribution in [0.5, 0.6) is 0 Å². The van der Waals surface area contributed by atoms with Crippen LogP contribution in [0.4, 0.5) is 4.39 Å². The molecule has 0 amide bonds. The monoisotopic (exact) mass is 447 g/mol. The van der Waals surface area contributed by atoms with Crippen molar-refractivity contribution < 1.29 is 21.2 Å². The van der Waals surface area contributed by atoms with Crippen molar-refractivity contribution in [3.8, 4) is 16.9 Å². The van der Waals surface area contributed by atoms with Gasteiger partial charge in [-0.2, -0.15) is 8.97 Å². The first kappa shape index (κ1) is 19.6. The molecule has 3 aromatic heterocycles. The van der Waals surface area contributed by atoms with Gasteiger partial charge in [-0.1, -0.05) is 35.9 Å². The highest BCUT2D eigenvalue weighted by Crippen LogP contribution is 2.34. The summed E-state index contributed by atoms with van der Waals surface area (Å²) in [5.74, 6) is -0.257. The van der Waals surface area contributed by atoms with Crippen LogP contribution >= 0.6 is 11.6 Å². The summed E-state index contributed by atoms with van der Waals surface area (Å²) in [4.78, 5) is 3.58. The summed E-state index contributed by atoms with van der Waals surface area (Å²) >= 11 is 6.29. The molecule has 0 unspecified atom stereocenters. The Morgan fingerprint density at radius 3 is 2.48 bits per heavy atom. The largest absolute Gasteiger partial charge is 1.00 e. The predicted octanol–water partition coefficient (Wildman–Crippen LogP) is 3.31. The molecule has 1 N–H and O–H groups in total. The van der Waals surface area contributed by atoms with E-state index in [1.165, 1.54) is 17.5 Å². The van der Waals surface area contributed by atoms with Crippen molar-refractivity contribution in [2.24, 2.45) is 0 Å². The van der Waals surface area contributed by atoms with Crippen LogP contribution in [0.2, 0.25) is 5.02 Å². The highest BCUT2D eigenvalue weighted by Gasteiger charge is 2.25. The van der Waals surface area contributed by atoms with Crippen molar-refractivity contribution in [1.82, 2.24) is 9.55 Å². The van der Waals surface area contributed by atoms with E-state index in [0.717, 1.165) is 38.9 Å². The molecular weight excluding hydrogens is 432 g/mol. The summed E-state index contributed by atoms with van der Waals surface area (Å²) < 4.78 is 17.9. The number of imidazole rings is 1. The molecular formula is C25H16Cl2FN3. The van der Waals surface area contributed by atoms with Crippen LogP contribution in [0.3, 0.4) is 0 Å². The molecule has 3 nitrogen and oxygen atoms in total. The van der Waals surface area contributed by atoms with Gasteiger partial charge in [-0.3, -0.25) is 0 Å². The van der Waals surface area contributed by atoms with Crippen molar-refractivity contribution in [3.05, 3.63) is 102 Å². The molecule has 6 heteroatoms. The van der Waals surface area contributed by atoms with E-state index < -0.39 is 0 Å². The number of nitrogens with zero attached hydrogens (tertiary/aromatic N) is 2. The molecule has 3 heterocycles. The number of H-pyrrole nitrogens is 1. The lowest BCUT2D eigenvalue weighted by Gasteiger charge is -2.03. The van der Waals surface area contributed by atoms with E-state index in [1.54, 1.807) is 0 Å². The maximum atomic E-state index is 13.7. The number of aromatic amines is 1. The number of pyridine rings is 1. The van der Waals surface area contributed by atoms with Gasteiger partial charge in [-0.25, -0.2) is 4.39 Å². The van der Waals surface area contributed by atoms with E-state index in [4.69, 9.17) is 11.6 Å². The van der Waals surface area contributed by atoms with Gasteiger partial charge in [0.2, 0.25) is 5.52 Å². The molecule has 0 fully saturated rings. The molecule has 0 saturated heterocycles. The normalized spacial score (nSPS) is 11.3. The number of hydrogen-bond donors (Lipinski definition) is 1. The fraction of sp³-hybridized carbons (Fsp3) is 0. The number of halogens is 3. The van der Waals surface area contributed by atoms with Crippen molar-refractivity contribution in [1.29, 1.82) is 0 Å². The van der Waals surface area contributed by atoms with Crippen LogP contribution in [-0.2, 0) is 0 Å². The minimum absolute atomic E-state index is 0. The van der Waals surface area contributed by atoms with E-state index in [-0.39, 0.29) is 18.2 Å². The molecule has 0 aliphatic carbocycles. The highest BCUT2D eigenvalue weighted by atomic mass is 35.5. The zero-order chi connectivity index (χ0) is 20.2. The second-order valence-corrected chi connectivity index (χ2v) is 7.79. The standard InChI is InChI=1S/C25H16ClFN3.ClH/c26-17-4-3-5-19(14-17)30-15-29-13-12-21-20-6-1-2-7-22(20)28-23(21)25(29)24(30)16-8-10-18(27)11-9-16;/h1-15,28H;1H/q+1;/p-1. The van der Waals surface area contributed by atoms with Crippen LogP contribution in [0.25, 0.3) is 44.3 Å². The van der Waals surface area contributed by atoms with E-state index in [2.05, 4.69) is 38.3 Å². The van der Waals surface area contributed by atoms with E-state index in [9.17, 15) is 4.39 Å². The molecule has 0 saturated carbocycles. The average Bonchev–Trinajstić information content (AvgIpc) is 3.33. The molecule has 3 aromatic carbocycles. The van der Waals surface area contributed by atoms with Crippen molar-refractivity contribution in [2.45, 2.75) is 0 Å². The Kier molecular flexibility index (Phi) is 4.69. The van der Waals surface area contributed by atoms with Gasteiger partial charge in [0.05, 0.1) is 11.7 Å². The molecule has 31 heavy (non-hydrogen) atoms. The molecule has 0 radical (unpaired) electrons. The smallest absolute Gasteiger partial charge is 0.254 e. The number of rotatable bonds is 2. The molecule has 0 spiro atoms. The van der Waals surface area contributed by atoms with Gasteiger partial charge >= 0.3 is 0 Å². The van der Waals surface area contributed by atoms with Gasteiger partial charge in [0.25, 0.3) is 6.33 Å². The van der Waals surface area contributed by atoms with Gasteiger partial charge in [-0.15, -0.1) is 0 Å². The topological polar surface area (TPSA) is 24.8 Å². The Morgan fingerprint density at radius 2 is 1.68 bits per heavy atom. The fourth-order valence-electron chi connectivity index (χ4n) is 4.22. The van der Waals surface area contributed by atoms with E-state index in [0.29, 0.717) is 5.02 Å². The Balaban J connectivity index is 0.00000204. The number of fused-ring (bicyclic) bond motifs is 5. The lowest BCUT2D eigenvalue weighted by molar-refractivity contribution is -0.510. The van der Waals surface area contributed by atoms with Crippen LogP contribution in [0.1, 0.15) is 0 Å². The van der Waals surface area contributed by atoms with Gasteiger partial charge < -0.3 is 17.4 Å². The molecule has 152 valence electrons. The lowest BCUT2D eigenvalue weighted by Crippen LogP contribution is -3.00. The van der Waals surface area contributed by atoms with Crippen molar-refractivity contribution in [2.75, 3.05) is 0 Å². The number of nitrogens with one attached hydrogen (secondary N) is 1. The number of hydrogen-bond acceptors (Lipinski definition) is 0. The zero-order valence-electron chi connectivity index (χ0n) is 16.2. The van der Waals surface area contributed by atoms with Gasteiger partial charge in [-0.05, 0) is 48.5 Å². The zero-order valence-corrected chi connectivity index (χ0v) is 17.7. The molecule has 0 aliphatic heterocycles. The van der Waals surface area contributed by atoms with Crippen LogP contribution in [0, 0.1) is 5.82 Å². The fourth-order valence-corrected chi connectivity index (χ4v) is 4.40. The summed E-state index contributed by atoms with van der Waals surface area (Å²) in [7, 11) is 0. The van der Waals surface area contributed by atoms with E-state index >= 15 is 0 Å². The first-order valence-corrected chi connectivity index (χ1v) is 10.0. The Labute approximate surface area is 188 Å². The quantitative estimate of drug-likeness (QED) is 0.394. The van der Waals surface area contributed by atoms with Crippen LogP contribution in [-0.4, -0.2) is 9.55 Å². The third-order valence-electron chi connectivity index (χ3n) is 5.55. The Hall–Kier alpha value is -3.34. The summed E-state index contributed by atoms with van der Waals surface area (Å²) in [6.45, 7) is 0. The summed E-state index contributed by atoms with van der Waals surface area (Å²) in [5, 5.41) is 2.99. The predicted molar refractivity (Wildman–Crippen MR) is 119 cm³/mol. The molecule has 6 aromatic rings. The number of aromatic nitrogens is 3. The van der Waals surface area contributed by atoms with E-state index in [1.807, 2.05) is 54.9 Å². The van der Waals surface area contributed by atoms with Crippen molar-refractivity contribution in [3.63, 3.8) is 0 Å². The minimum atomic E-state index is -0.257. The molecule has 0 bridgehead atoms. The molecule has 0 aliphatic rings. The average molecular weight is 448 g/mol. The maximum Gasteiger partial charge on any atom is 0.254 e. The lowest BCUT2D eigenvalue weighted by atomic mass is 10.1.